The molecule has 2 heteroatoms. The molecule has 0 aromatic heterocycles. The second kappa shape index (κ2) is 7.24. The highest BCUT2D eigenvalue weighted by molar-refractivity contribution is 4.84. The summed E-state index contributed by atoms with van der Waals surface area (Å²) in [4.78, 5) is 0. The molecule has 0 aliphatic heterocycles. The zero-order valence-electron chi connectivity index (χ0n) is 11.1. The third kappa shape index (κ3) is 6.91. The van der Waals surface area contributed by atoms with Crippen LogP contribution in [0.25, 0.3) is 0 Å². The van der Waals surface area contributed by atoms with Gasteiger partial charge in [-0.1, -0.05) is 27.2 Å². The zero-order valence-corrected chi connectivity index (χ0v) is 11.1. The van der Waals surface area contributed by atoms with Crippen molar-refractivity contribution in [1.82, 2.24) is 5.32 Å². The minimum Gasteiger partial charge on any atom is -0.394 e. The van der Waals surface area contributed by atoms with Gasteiger partial charge in [-0.25, -0.2) is 0 Å². The van der Waals surface area contributed by atoms with E-state index in [4.69, 9.17) is 0 Å². The van der Waals surface area contributed by atoms with Crippen LogP contribution < -0.4 is 5.32 Å². The van der Waals surface area contributed by atoms with E-state index >= 15 is 0 Å². The van der Waals surface area contributed by atoms with Crippen LogP contribution in [0.15, 0.2) is 0 Å². The van der Waals surface area contributed by atoms with Crippen molar-refractivity contribution in [3.8, 4) is 0 Å². The smallest absolute Gasteiger partial charge is 0.0610 e. The first-order valence-corrected chi connectivity index (χ1v) is 6.32. The number of aliphatic hydroxyl groups excluding tert-OH is 1. The van der Waals surface area contributed by atoms with Crippen LogP contribution in [0.2, 0.25) is 0 Å². The predicted molar refractivity (Wildman–Crippen MR) is 67.1 cm³/mol. The number of nitrogens with one attached hydrogen (secondary N) is 1. The highest BCUT2D eigenvalue weighted by Crippen LogP contribution is 2.15. The third-order valence-corrected chi connectivity index (χ3v) is 2.92. The fourth-order valence-electron chi connectivity index (χ4n) is 2.00. The molecular formula is C13H29NO. The molecule has 2 N–H and O–H groups in total. The summed E-state index contributed by atoms with van der Waals surface area (Å²) < 4.78 is 0. The Labute approximate surface area is 95.5 Å². The normalized spacial score (nSPS) is 17.8. The van der Waals surface area contributed by atoms with Gasteiger partial charge in [-0.2, -0.15) is 0 Å². The van der Waals surface area contributed by atoms with E-state index in [1.165, 1.54) is 12.8 Å². The maximum absolute atomic E-state index is 9.38. The van der Waals surface area contributed by atoms with E-state index in [0.29, 0.717) is 6.04 Å². The van der Waals surface area contributed by atoms with Crippen LogP contribution in [0, 0.1) is 5.92 Å². The quantitative estimate of drug-likeness (QED) is 0.652. The number of rotatable bonds is 8. The Morgan fingerprint density at radius 2 is 1.80 bits per heavy atom. The number of hydrogen-bond acceptors (Lipinski definition) is 2. The van der Waals surface area contributed by atoms with Gasteiger partial charge >= 0.3 is 0 Å². The molecule has 15 heavy (non-hydrogen) atoms. The van der Waals surface area contributed by atoms with E-state index in [2.05, 4.69) is 39.9 Å². The summed E-state index contributed by atoms with van der Waals surface area (Å²) in [5, 5.41) is 12.9. The Hall–Kier alpha value is -0.0800. The third-order valence-electron chi connectivity index (χ3n) is 2.92. The van der Waals surface area contributed by atoms with Gasteiger partial charge in [0.15, 0.2) is 0 Å². The van der Waals surface area contributed by atoms with Crippen molar-refractivity contribution in [2.75, 3.05) is 6.61 Å². The Morgan fingerprint density at radius 3 is 2.20 bits per heavy atom. The summed E-state index contributed by atoms with van der Waals surface area (Å²) in [7, 11) is 0. The lowest BCUT2D eigenvalue weighted by Crippen LogP contribution is -2.49. The first-order valence-electron chi connectivity index (χ1n) is 6.32. The summed E-state index contributed by atoms with van der Waals surface area (Å²) in [5.74, 6) is 0.765. The Kier molecular flexibility index (Phi) is 7.20. The molecule has 0 bridgehead atoms. The van der Waals surface area contributed by atoms with E-state index in [1.54, 1.807) is 0 Å². The van der Waals surface area contributed by atoms with E-state index in [9.17, 15) is 5.11 Å². The fraction of sp³-hybridized carbons (Fsp3) is 1.00. The van der Waals surface area contributed by atoms with Crippen LogP contribution in [0.4, 0.5) is 0 Å². The van der Waals surface area contributed by atoms with Gasteiger partial charge in [0.2, 0.25) is 0 Å². The lowest BCUT2D eigenvalue weighted by Gasteiger charge is -2.32. The van der Waals surface area contributed by atoms with Gasteiger partial charge in [-0.3, -0.25) is 0 Å². The van der Waals surface area contributed by atoms with Crippen LogP contribution in [-0.2, 0) is 0 Å². The highest BCUT2D eigenvalue weighted by atomic mass is 16.3. The van der Waals surface area contributed by atoms with Crippen LogP contribution >= 0.6 is 0 Å². The fourth-order valence-corrected chi connectivity index (χ4v) is 2.00. The first-order chi connectivity index (χ1) is 6.93. The maximum atomic E-state index is 9.38. The first kappa shape index (κ1) is 14.9. The summed E-state index contributed by atoms with van der Waals surface area (Å²) in [6.07, 6.45) is 4.59. The second-order valence-electron chi connectivity index (χ2n) is 5.49. The molecule has 0 rings (SSSR count). The molecule has 2 unspecified atom stereocenters. The SMILES string of the molecule is CCCC(C)(CO)NC(C)CCC(C)C. The molecule has 0 amide bonds. The average molecular weight is 215 g/mol. The molecule has 0 spiro atoms. The Morgan fingerprint density at radius 1 is 1.20 bits per heavy atom. The van der Waals surface area contributed by atoms with Crippen LogP contribution in [0.1, 0.15) is 60.3 Å². The molecule has 0 radical (unpaired) electrons. The minimum absolute atomic E-state index is 0.0921. The molecule has 0 aliphatic rings. The van der Waals surface area contributed by atoms with Gasteiger partial charge in [0, 0.05) is 11.6 Å². The molecular weight excluding hydrogens is 186 g/mol. The molecule has 0 aliphatic carbocycles. The van der Waals surface area contributed by atoms with Crippen LogP contribution in [0.5, 0.6) is 0 Å². The van der Waals surface area contributed by atoms with Crippen molar-refractivity contribution in [1.29, 1.82) is 0 Å². The van der Waals surface area contributed by atoms with Crippen molar-refractivity contribution in [2.45, 2.75) is 71.9 Å². The van der Waals surface area contributed by atoms with Gasteiger partial charge in [-0.05, 0) is 39.0 Å². The lowest BCUT2D eigenvalue weighted by atomic mass is 9.94. The molecule has 92 valence electrons. The summed E-state index contributed by atoms with van der Waals surface area (Å²) >= 11 is 0. The van der Waals surface area contributed by atoms with E-state index in [-0.39, 0.29) is 12.1 Å². The Bertz CT molecular complexity index is 159. The Balaban J connectivity index is 3.94. The highest BCUT2D eigenvalue weighted by Gasteiger charge is 2.23. The van der Waals surface area contributed by atoms with E-state index < -0.39 is 0 Å². The molecule has 0 heterocycles. The molecule has 0 fully saturated rings. The van der Waals surface area contributed by atoms with Gasteiger partial charge in [0.25, 0.3) is 0 Å². The maximum Gasteiger partial charge on any atom is 0.0610 e. The van der Waals surface area contributed by atoms with Gasteiger partial charge in [-0.15, -0.1) is 0 Å². The molecule has 0 aromatic carbocycles. The van der Waals surface area contributed by atoms with Crippen molar-refractivity contribution in [2.24, 2.45) is 5.92 Å². The summed E-state index contributed by atoms with van der Waals surface area (Å²) in [6.45, 7) is 11.2. The van der Waals surface area contributed by atoms with E-state index in [0.717, 1.165) is 18.8 Å². The number of hydrogen-bond donors (Lipinski definition) is 2. The average Bonchev–Trinajstić information content (AvgIpc) is 2.15. The van der Waals surface area contributed by atoms with Gasteiger partial charge < -0.3 is 10.4 Å². The molecule has 2 nitrogen and oxygen atoms in total. The molecule has 0 saturated heterocycles. The minimum atomic E-state index is -0.0921. The summed E-state index contributed by atoms with van der Waals surface area (Å²) in [5.41, 5.74) is -0.0921. The van der Waals surface area contributed by atoms with Crippen molar-refractivity contribution >= 4 is 0 Å². The molecule has 2 atom stereocenters. The molecule has 0 saturated carbocycles. The molecule has 0 aromatic rings. The largest absolute Gasteiger partial charge is 0.394 e. The van der Waals surface area contributed by atoms with Crippen molar-refractivity contribution in [3.05, 3.63) is 0 Å². The van der Waals surface area contributed by atoms with Crippen LogP contribution in [-0.4, -0.2) is 23.3 Å². The second-order valence-corrected chi connectivity index (χ2v) is 5.49. The zero-order chi connectivity index (χ0) is 11.9. The van der Waals surface area contributed by atoms with Crippen LogP contribution in [0.3, 0.4) is 0 Å². The van der Waals surface area contributed by atoms with Gasteiger partial charge in [0.1, 0.15) is 0 Å². The topological polar surface area (TPSA) is 32.3 Å². The predicted octanol–water partition coefficient (Wildman–Crippen LogP) is 2.95. The standard InChI is InChI=1S/C13H29NO/c1-6-9-13(5,10-15)14-12(4)8-7-11(2)3/h11-12,14-15H,6-10H2,1-5H3. The monoisotopic (exact) mass is 215 g/mol. The van der Waals surface area contributed by atoms with E-state index in [1.807, 2.05) is 0 Å². The number of aliphatic hydroxyl groups is 1. The van der Waals surface area contributed by atoms with Gasteiger partial charge in [0.05, 0.1) is 6.61 Å². The van der Waals surface area contributed by atoms with Crippen molar-refractivity contribution < 1.29 is 5.11 Å². The lowest BCUT2D eigenvalue weighted by molar-refractivity contribution is 0.151. The van der Waals surface area contributed by atoms with Crippen molar-refractivity contribution in [3.63, 3.8) is 0 Å². The summed E-state index contributed by atoms with van der Waals surface area (Å²) in [6, 6.07) is 0.496.